The van der Waals surface area contributed by atoms with E-state index in [-0.39, 0.29) is 35.0 Å². The molecule has 18 atom stereocenters. The molecule has 4 saturated heterocycles. The molecule has 0 aliphatic carbocycles. The number of aliphatic hydroxyl groups excluding tert-OH is 8. The van der Waals surface area contributed by atoms with Crippen LogP contribution in [0.15, 0.2) is 48.3 Å². The topological polar surface area (TPSA) is 708 Å². The van der Waals surface area contributed by atoms with Gasteiger partial charge in [0.25, 0.3) is 5.91 Å². The monoisotopic (exact) mass is 1640 g/mol. The van der Waals surface area contributed by atoms with Crippen LogP contribution in [-0.4, -0.2) is 249 Å². The molecule has 3 amide bonds. The molecule has 6 aliphatic rings. The molecule has 8 heterocycles. The molecule has 44 nitrogen and oxygen atoms in total. The molecule has 2 aromatic heterocycles. The van der Waals surface area contributed by atoms with Crippen molar-refractivity contribution in [2.75, 3.05) is 37.5 Å². The van der Waals surface area contributed by atoms with E-state index in [4.69, 9.17) is 79.4 Å². The molecule has 2 aromatic rings. The van der Waals surface area contributed by atoms with Crippen molar-refractivity contribution in [3.63, 3.8) is 0 Å². The number of carbonyl (C=O) groups excluding carboxylic acids is 3. The average molecular weight is 1650 g/mol. The summed E-state index contributed by atoms with van der Waals surface area (Å²) in [4.78, 5) is 140. The lowest BCUT2D eigenvalue weighted by Gasteiger charge is -2.36. The van der Waals surface area contributed by atoms with Gasteiger partial charge in [-0.05, 0) is 59.6 Å². The highest BCUT2D eigenvalue weighted by molar-refractivity contribution is 14.1. The van der Waals surface area contributed by atoms with Crippen LogP contribution in [0.1, 0.15) is 65.1 Å². The SMILES string of the molecule is CC(C)(C)[Si](C)(C)OCc1cn([C@@H]2O[C@H](COP(=O)(O)O)C(O)[C@H]2O)c(=O)nc1N.CC1=CC([C@@H]2O[C@H](COP(=O)(O)O)C(O)[C@H]2O)C(=O)NC1=N.CCc1cn([C@@H]2O[C@H](COP(=O)(O)O)C(O)[C@H]2O)c(=O)nc1NC(C)=O.NC1=NC(=O)C([C@@H]2O[C@H](COP(=O)(O)O)C(O)[C@H]2O)C=C1I. The second kappa shape index (κ2) is 34.7. The number of dihydropyridines is 1. The third-order valence-corrected chi connectivity index (χ3v) is 23.3. The second-order valence-corrected chi connectivity index (χ2v) is 35.3. The standard InChI is InChI=1S/C16H30N3O9PSi.C13H20N3O9P.C11H17N2O8P.C10H14IN2O8P/c1-16(2,3)30(4,5)27-7-9-6-19(15(22)18-13(9)17)14-12(21)11(20)10(28-14)8-26-29(23,24)25;1-3-7-4-16(13(20)15-11(7)14-6(2)17)12-10(19)9(18)8(25-12)5-24-26(21,22)23;1-4-2-5(11(16)13-10(4)12)9-8(15)7(14)6(21-9)3-20-22(17,18)19;11-4-1-3(10(16)13-9(4)12)8-7(15)6(14)5(21-8)2-20-22(17,18)19/h6,10-12,14,20-21H,7-8H2,1-5H3,(H2,17,18,22)(H2,23,24,25);4,8-10,12,18-19H,3,5H2,1-2H3,(H2,21,22,23)(H,14,15,17,20);2,5-9,14-15H,3H2,1H3,(H2,12,13,16)(H2,17,18,19);1,3,5-8,14-15H,2H2,(H2,12,13,16)(H2,17,18,19)/t10-,11?,12-,14-;8-,9?,10-,12-;5?,6-,7?,8-,9+;3?,5-,6?,7-,8+/m1111/s1. The number of amidine groups is 2. The molecule has 0 bridgehead atoms. The van der Waals surface area contributed by atoms with E-state index in [9.17, 15) is 83.1 Å². The zero-order valence-electron chi connectivity index (χ0n) is 54.0. The lowest BCUT2D eigenvalue weighted by atomic mass is 9.91. The van der Waals surface area contributed by atoms with Gasteiger partial charge in [-0.25, -0.2) is 27.8 Å². The normalized spacial score (nSPS) is 30.4. The number of amides is 3. The first kappa shape index (κ1) is 86.3. The van der Waals surface area contributed by atoms with E-state index < -0.39 is 205 Å². The van der Waals surface area contributed by atoms with Crippen LogP contribution in [-0.2, 0) is 87.1 Å². The van der Waals surface area contributed by atoms with E-state index >= 15 is 0 Å². The highest BCUT2D eigenvalue weighted by Gasteiger charge is 2.52. The minimum Gasteiger partial charge on any atom is -0.412 e. The third-order valence-electron chi connectivity index (χ3n) is 16.0. The first-order valence-corrected chi connectivity index (χ1v) is 39.5. The predicted octanol–water partition coefficient (Wildman–Crippen LogP) is -4.76. The minimum absolute atomic E-state index is 0.0237. The number of ether oxygens (including phenoxy) is 4. The molecule has 0 radical (unpaired) electrons. The summed E-state index contributed by atoms with van der Waals surface area (Å²) in [5.74, 6) is -3.45. The molecular formula is C50H81IN10O34P4Si. The molecule has 50 heteroatoms. The zero-order valence-corrected chi connectivity index (χ0v) is 60.7. The number of hydrogen-bond acceptors (Lipinski definition) is 31. The largest absolute Gasteiger partial charge is 0.469 e. The Kier molecular flexibility index (Phi) is 30.0. The summed E-state index contributed by atoms with van der Waals surface area (Å²) in [5, 5.41) is 92.4. The fraction of sp³-hybridized carbons (Fsp3) is 0.660. The van der Waals surface area contributed by atoms with Gasteiger partial charge in [0.2, 0.25) is 11.8 Å². The molecule has 100 heavy (non-hydrogen) atoms. The van der Waals surface area contributed by atoms with Crippen molar-refractivity contribution in [3.8, 4) is 0 Å². The van der Waals surface area contributed by atoms with Crippen molar-refractivity contribution >= 4 is 103 Å². The maximum Gasteiger partial charge on any atom is 0.469 e. The Morgan fingerprint density at radius 2 is 1.04 bits per heavy atom. The number of aliphatic hydroxyl groups is 8. The van der Waals surface area contributed by atoms with E-state index in [1.165, 1.54) is 31.5 Å². The van der Waals surface area contributed by atoms with Crippen LogP contribution in [0.3, 0.4) is 0 Å². The van der Waals surface area contributed by atoms with Gasteiger partial charge in [0.15, 0.2) is 20.8 Å². The second-order valence-electron chi connectivity index (χ2n) is 24.3. The number of anilines is 2. The highest BCUT2D eigenvalue weighted by Crippen LogP contribution is 2.43. The van der Waals surface area contributed by atoms with E-state index in [0.29, 0.717) is 26.7 Å². The molecule has 8 rings (SSSR count). The average Bonchev–Trinajstić information content (AvgIpc) is 1.62. The molecule has 4 fully saturated rings. The van der Waals surface area contributed by atoms with Gasteiger partial charge in [0.05, 0.1) is 48.5 Å². The van der Waals surface area contributed by atoms with Crippen LogP contribution in [0.5, 0.6) is 0 Å². The number of aryl methyl sites for hydroxylation is 1. The Morgan fingerprint density at radius 1 is 0.650 bits per heavy atom. The summed E-state index contributed by atoms with van der Waals surface area (Å²) in [6.45, 7) is 12.4. The molecule has 6 unspecified atom stereocenters. The van der Waals surface area contributed by atoms with Gasteiger partial charge in [-0.15, -0.1) is 0 Å². The van der Waals surface area contributed by atoms with Gasteiger partial charge < -0.3 is 125 Å². The molecule has 0 saturated carbocycles. The molecule has 23 N–H and O–H groups in total. The summed E-state index contributed by atoms with van der Waals surface area (Å²) in [5.41, 5.74) is 11.1. The summed E-state index contributed by atoms with van der Waals surface area (Å²) in [6.07, 6.45) is -15.9. The number of halogens is 1. The maximum atomic E-state index is 12.3. The van der Waals surface area contributed by atoms with E-state index in [2.05, 4.69) is 77.6 Å². The molecule has 6 aliphatic heterocycles. The zero-order chi connectivity index (χ0) is 76.0. The van der Waals surface area contributed by atoms with Crippen molar-refractivity contribution < 1.29 is 154 Å². The summed E-state index contributed by atoms with van der Waals surface area (Å²) in [6, 6.07) is 0. The molecule has 566 valence electrons. The fourth-order valence-corrected chi connectivity index (χ4v) is 12.4. The smallest absolute Gasteiger partial charge is 0.412 e. The van der Waals surface area contributed by atoms with E-state index in [0.717, 1.165) is 9.13 Å². The number of nitrogens with two attached hydrogens (primary N) is 2. The van der Waals surface area contributed by atoms with Crippen LogP contribution >= 0.6 is 53.9 Å². The van der Waals surface area contributed by atoms with Crippen LogP contribution in [0.2, 0.25) is 18.1 Å². The first-order valence-electron chi connectivity index (χ1n) is 29.4. The number of nitrogens with one attached hydrogen (secondary N) is 3. The summed E-state index contributed by atoms with van der Waals surface area (Å²) >= 11 is 1.86. The fourth-order valence-electron chi connectivity index (χ4n) is 9.59. The Labute approximate surface area is 581 Å². The number of rotatable bonds is 21. The van der Waals surface area contributed by atoms with E-state index in [1.807, 2.05) is 22.6 Å². The first-order chi connectivity index (χ1) is 45.8. The van der Waals surface area contributed by atoms with Crippen molar-refractivity contribution in [1.29, 1.82) is 5.41 Å². The number of aliphatic imine (C=N–C) groups is 1. The van der Waals surface area contributed by atoms with Crippen LogP contribution < -0.4 is 33.5 Å². The number of hydrogen-bond donors (Lipinski definition) is 21. The highest BCUT2D eigenvalue weighted by atomic mass is 127. The number of carbonyl (C=O) groups is 3. The summed E-state index contributed by atoms with van der Waals surface area (Å²) < 4.78 is 90.0. The predicted molar refractivity (Wildman–Crippen MR) is 348 cm³/mol. The number of nitrogen functional groups attached to an aromatic ring is 1. The van der Waals surface area contributed by atoms with Crippen molar-refractivity contribution in [2.24, 2.45) is 22.6 Å². The lowest BCUT2D eigenvalue weighted by Crippen LogP contribution is -2.47. The lowest BCUT2D eigenvalue weighted by molar-refractivity contribution is -0.129. The Balaban J connectivity index is 0.000000242. The summed E-state index contributed by atoms with van der Waals surface area (Å²) in [7, 11) is -21.2. The van der Waals surface area contributed by atoms with E-state index in [1.54, 1.807) is 13.8 Å². The van der Waals surface area contributed by atoms with Crippen molar-refractivity contribution in [2.45, 2.75) is 171 Å². The van der Waals surface area contributed by atoms with Crippen molar-refractivity contribution in [1.82, 2.24) is 24.4 Å². The number of phosphoric ester groups is 4. The number of aromatic nitrogens is 4. The van der Waals surface area contributed by atoms with Crippen molar-refractivity contribution in [3.05, 3.63) is 65.8 Å². The van der Waals surface area contributed by atoms with Gasteiger partial charge >= 0.3 is 42.7 Å². The van der Waals surface area contributed by atoms with Crippen LogP contribution in [0.4, 0.5) is 11.6 Å². The minimum atomic E-state index is -4.80. The molecule has 0 spiro atoms. The Bertz CT molecular complexity index is 3700. The Morgan fingerprint density at radius 3 is 1.44 bits per heavy atom. The van der Waals surface area contributed by atoms with Gasteiger partial charge in [-0.3, -0.25) is 47.0 Å². The molecule has 0 aromatic carbocycles. The van der Waals surface area contributed by atoms with Crippen LogP contribution in [0.25, 0.3) is 0 Å². The maximum absolute atomic E-state index is 12.3. The number of phosphoric acid groups is 4. The molecular weight excluding hydrogens is 1560 g/mol. The van der Waals surface area contributed by atoms with Crippen LogP contribution in [0, 0.1) is 17.2 Å². The van der Waals surface area contributed by atoms with Gasteiger partial charge in [0.1, 0.15) is 109 Å². The number of nitrogens with zero attached hydrogens (tertiary/aromatic N) is 5. The Hall–Kier alpha value is -4.34. The van der Waals surface area contributed by atoms with Gasteiger partial charge in [-0.2, -0.15) is 15.0 Å². The van der Waals surface area contributed by atoms with Gasteiger partial charge in [0, 0.05) is 30.4 Å². The van der Waals surface area contributed by atoms with Gasteiger partial charge in [-0.1, -0.05) is 39.8 Å². The third kappa shape index (κ3) is 23.6. The quantitative estimate of drug-likeness (QED) is 0.0317.